The van der Waals surface area contributed by atoms with Crippen molar-refractivity contribution in [2.75, 3.05) is 40.5 Å². The number of carbonyl (C=O) groups is 2. The molecule has 0 aromatic rings. The van der Waals surface area contributed by atoms with E-state index in [4.69, 9.17) is 4.74 Å². The van der Waals surface area contributed by atoms with E-state index in [0.29, 0.717) is 13.2 Å². The molecule has 1 atom stereocenters. The summed E-state index contributed by atoms with van der Waals surface area (Å²) < 4.78 is 14.3. The van der Waals surface area contributed by atoms with Gasteiger partial charge in [0.1, 0.15) is 6.04 Å². The first kappa shape index (κ1) is 11.9. The molecule has 86 valence electrons. The fraction of sp³-hybridized carbons (Fsp3) is 0.778. The Bertz CT molecular complexity index is 243. The normalized spacial score (nSPS) is 22.1. The Balaban J connectivity index is 2.57. The first-order chi connectivity index (χ1) is 7.19. The molecule has 1 heterocycles. The third-order valence-electron chi connectivity index (χ3n) is 2.27. The van der Waals surface area contributed by atoms with Crippen LogP contribution in [0.3, 0.4) is 0 Å². The molecule has 6 heteroatoms. The highest BCUT2D eigenvalue weighted by molar-refractivity contribution is 5.78. The second-order valence-corrected chi connectivity index (χ2v) is 3.16. The lowest BCUT2D eigenvalue weighted by Gasteiger charge is -2.32. The van der Waals surface area contributed by atoms with E-state index in [1.165, 1.54) is 14.2 Å². The van der Waals surface area contributed by atoms with Crippen LogP contribution in [0.15, 0.2) is 0 Å². The van der Waals surface area contributed by atoms with E-state index in [9.17, 15) is 9.59 Å². The van der Waals surface area contributed by atoms with Gasteiger partial charge in [-0.25, -0.2) is 0 Å². The van der Waals surface area contributed by atoms with E-state index in [1.54, 1.807) is 4.90 Å². The first-order valence-corrected chi connectivity index (χ1v) is 4.65. The molecule has 1 rings (SSSR count). The van der Waals surface area contributed by atoms with Gasteiger partial charge in [0.05, 0.1) is 34.0 Å². The van der Waals surface area contributed by atoms with Gasteiger partial charge in [-0.15, -0.1) is 0 Å². The van der Waals surface area contributed by atoms with Crippen molar-refractivity contribution in [1.82, 2.24) is 4.90 Å². The van der Waals surface area contributed by atoms with Gasteiger partial charge in [-0.1, -0.05) is 0 Å². The van der Waals surface area contributed by atoms with Gasteiger partial charge in [0.25, 0.3) is 0 Å². The van der Waals surface area contributed by atoms with Crippen LogP contribution in [0.1, 0.15) is 0 Å². The SMILES string of the molecule is COC(=O)CN1CCOCC1C(=O)OC. The van der Waals surface area contributed by atoms with E-state index in [0.717, 1.165) is 0 Å². The molecule has 0 spiro atoms. The van der Waals surface area contributed by atoms with Gasteiger partial charge in [-0.2, -0.15) is 0 Å². The lowest BCUT2D eigenvalue weighted by molar-refractivity contribution is -0.156. The second-order valence-electron chi connectivity index (χ2n) is 3.16. The Hall–Kier alpha value is -1.14. The third-order valence-corrected chi connectivity index (χ3v) is 2.27. The number of hydrogen-bond acceptors (Lipinski definition) is 6. The van der Waals surface area contributed by atoms with Crippen molar-refractivity contribution in [3.63, 3.8) is 0 Å². The zero-order valence-corrected chi connectivity index (χ0v) is 8.89. The lowest BCUT2D eigenvalue weighted by Crippen LogP contribution is -2.52. The van der Waals surface area contributed by atoms with E-state index in [-0.39, 0.29) is 19.1 Å². The van der Waals surface area contributed by atoms with Gasteiger partial charge in [0, 0.05) is 6.54 Å². The number of hydrogen-bond donors (Lipinski definition) is 0. The Morgan fingerprint density at radius 2 is 2.13 bits per heavy atom. The molecule has 1 aliphatic rings. The quantitative estimate of drug-likeness (QED) is 0.567. The molecule has 0 amide bonds. The van der Waals surface area contributed by atoms with E-state index < -0.39 is 12.0 Å². The van der Waals surface area contributed by atoms with Gasteiger partial charge in [-0.05, 0) is 0 Å². The summed E-state index contributed by atoms with van der Waals surface area (Å²) in [5, 5.41) is 0. The summed E-state index contributed by atoms with van der Waals surface area (Å²) in [7, 11) is 2.63. The molecule has 0 radical (unpaired) electrons. The number of ether oxygens (including phenoxy) is 3. The maximum absolute atomic E-state index is 11.4. The summed E-state index contributed by atoms with van der Waals surface area (Å²) in [6.07, 6.45) is 0. The largest absolute Gasteiger partial charge is 0.468 e. The maximum Gasteiger partial charge on any atom is 0.325 e. The average molecular weight is 217 g/mol. The predicted octanol–water partition coefficient (Wildman–Crippen LogP) is -0.967. The van der Waals surface area contributed by atoms with Crippen LogP contribution in [0.4, 0.5) is 0 Å². The van der Waals surface area contributed by atoms with Crippen LogP contribution in [-0.4, -0.2) is 63.4 Å². The zero-order valence-electron chi connectivity index (χ0n) is 8.89. The van der Waals surface area contributed by atoms with Gasteiger partial charge < -0.3 is 14.2 Å². The Labute approximate surface area is 88.1 Å². The molecule has 0 aromatic heterocycles. The van der Waals surface area contributed by atoms with Crippen molar-refractivity contribution in [1.29, 1.82) is 0 Å². The molecule has 0 bridgehead atoms. The van der Waals surface area contributed by atoms with Crippen molar-refractivity contribution < 1.29 is 23.8 Å². The van der Waals surface area contributed by atoms with Gasteiger partial charge >= 0.3 is 11.9 Å². The molecule has 15 heavy (non-hydrogen) atoms. The fourth-order valence-electron chi connectivity index (χ4n) is 1.41. The third kappa shape index (κ3) is 3.17. The molecule has 6 nitrogen and oxygen atoms in total. The highest BCUT2D eigenvalue weighted by Gasteiger charge is 2.31. The van der Waals surface area contributed by atoms with E-state index in [1.807, 2.05) is 0 Å². The zero-order chi connectivity index (χ0) is 11.3. The van der Waals surface area contributed by atoms with Crippen molar-refractivity contribution >= 4 is 11.9 Å². The number of carbonyl (C=O) groups excluding carboxylic acids is 2. The second kappa shape index (κ2) is 5.67. The number of morpholine rings is 1. The minimum atomic E-state index is -0.511. The van der Waals surface area contributed by atoms with E-state index >= 15 is 0 Å². The van der Waals surface area contributed by atoms with Crippen molar-refractivity contribution in [3.8, 4) is 0 Å². The van der Waals surface area contributed by atoms with Crippen LogP contribution >= 0.6 is 0 Å². The molecule has 1 unspecified atom stereocenters. The maximum atomic E-state index is 11.4. The summed E-state index contributed by atoms with van der Waals surface area (Å²) in [6, 6.07) is -0.511. The summed E-state index contributed by atoms with van der Waals surface area (Å²) in [6.45, 7) is 1.36. The fourth-order valence-corrected chi connectivity index (χ4v) is 1.41. The predicted molar refractivity (Wildman–Crippen MR) is 50.2 cm³/mol. The highest BCUT2D eigenvalue weighted by atomic mass is 16.5. The number of methoxy groups -OCH3 is 2. The van der Waals surface area contributed by atoms with Crippen LogP contribution in [0, 0.1) is 0 Å². The Kier molecular flexibility index (Phi) is 4.51. The summed E-state index contributed by atoms with van der Waals surface area (Å²) in [4.78, 5) is 24.1. The van der Waals surface area contributed by atoms with Crippen molar-refractivity contribution in [2.45, 2.75) is 6.04 Å². The molecule has 0 aliphatic carbocycles. The van der Waals surface area contributed by atoms with Crippen LogP contribution in [-0.2, 0) is 23.8 Å². The van der Waals surface area contributed by atoms with Gasteiger partial charge in [0.2, 0.25) is 0 Å². The summed E-state index contributed by atoms with van der Waals surface area (Å²) >= 11 is 0. The minimum absolute atomic E-state index is 0.0830. The van der Waals surface area contributed by atoms with Crippen LogP contribution in [0.5, 0.6) is 0 Å². The molecule has 0 aromatic carbocycles. The van der Waals surface area contributed by atoms with E-state index in [2.05, 4.69) is 9.47 Å². The van der Waals surface area contributed by atoms with Gasteiger partial charge in [0.15, 0.2) is 0 Å². The lowest BCUT2D eigenvalue weighted by atomic mass is 10.2. The molecule has 1 fully saturated rings. The number of esters is 2. The molecule has 1 saturated heterocycles. The molecule has 1 aliphatic heterocycles. The van der Waals surface area contributed by atoms with Crippen molar-refractivity contribution in [3.05, 3.63) is 0 Å². The van der Waals surface area contributed by atoms with Gasteiger partial charge in [-0.3, -0.25) is 14.5 Å². The Morgan fingerprint density at radius 3 is 2.73 bits per heavy atom. The molecule has 0 N–H and O–H groups in total. The first-order valence-electron chi connectivity index (χ1n) is 4.65. The molecular formula is C9H15NO5. The summed E-state index contributed by atoms with van der Waals surface area (Å²) in [5.41, 5.74) is 0. The van der Waals surface area contributed by atoms with Crippen LogP contribution < -0.4 is 0 Å². The number of nitrogens with zero attached hydrogens (tertiary/aromatic N) is 1. The number of rotatable bonds is 3. The Morgan fingerprint density at radius 1 is 1.40 bits per heavy atom. The highest BCUT2D eigenvalue weighted by Crippen LogP contribution is 2.08. The van der Waals surface area contributed by atoms with Crippen LogP contribution in [0.25, 0.3) is 0 Å². The topological polar surface area (TPSA) is 65.1 Å². The monoisotopic (exact) mass is 217 g/mol. The minimum Gasteiger partial charge on any atom is -0.468 e. The molecule has 0 saturated carbocycles. The summed E-state index contributed by atoms with van der Waals surface area (Å²) in [5.74, 6) is -0.760. The molecular weight excluding hydrogens is 202 g/mol. The standard InChI is InChI=1S/C9H15NO5/c1-13-8(11)5-10-3-4-15-6-7(10)9(12)14-2/h7H,3-6H2,1-2H3. The van der Waals surface area contributed by atoms with Crippen molar-refractivity contribution in [2.24, 2.45) is 0 Å². The average Bonchev–Trinajstić information content (AvgIpc) is 2.28. The smallest absolute Gasteiger partial charge is 0.325 e. The van der Waals surface area contributed by atoms with Crippen LogP contribution in [0.2, 0.25) is 0 Å².